The average Bonchev–Trinajstić information content (AvgIpc) is 2.65. The summed E-state index contributed by atoms with van der Waals surface area (Å²) in [6, 6.07) is 0.307. The molecule has 0 radical (unpaired) electrons. The van der Waals surface area contributed by atoms with E-state index in [2.05, 4.69) is 32.9 Å². The van der Waals surface area contributed by atoms with Gasteiger partial charge in [-0.2, -0.15) is 0 Å². The summed E-state index contributed by atoms with van der Waals surface area (Å²) >= 11 is 0. The van der Waals surface area contributed by atoms with Crippen molar-refractivity contribution in [3.05, 3.63) is 12.2 Å². The third-order valence-corrected chi connectivity index (χ3v) is 2.82. The second-order valence-electron chi connectivity index (χ2n) is 4.36. The highest BCUT2D eigenvalue weighted by Crippen LogP contribution is 2.31. The van der Waals surface area contributed by atoms with Gasteiger partial charge in [0.2, 0.25) is 0 Å². The van der Waals surface area contributed by atoms with Crippen molar-refractivity contribution in [1.82, 2.24) is 0 Å². The molecule has 0 fully saturated rings. The zero-order chi connectivity index (χ0) is 8.48. The van der Waals surface area contributed by atoms with Crippen molar-refractivity contribution in [3.8, 4) is 0 Å². The van der Waals surface area contributed by atoms with Crippen molar-refractivity contribution >= 4 is 0 Å². The maximum atomic E-state index is 5.86. The predicted molar refractivity (Wildman–Crippen MR) is 49.3 cm³/mol. The lowest BCUT2D eigenvalue weighted by atomic mass is 9.81. The van der Waals surface area contributed by atoms with E-state index in [1.54, 1.807) is 0 Å². The quantitative estimate of drug-likeness (QED) is 0.616. The van der Waals surface area contributed by atoms with E-state index in [4.69, 9.17) is 5.73 Å². The molecular weight excluding hydrogens is 134 g/mol. The van der Waals surface area contributed by atoms with Gasteiger partial charge in [-0.1, -0.05) is 26.0 Å². The minimum Gasteiger partial charge on any atom is -0.327 e. The summed E-state index contributed by atoms with van der Waals surface area (Å²) in [5, 5.41) is 0. The number of hydrogen-bond donors (Lipinski definition) is 1. The molecule has 0 aromatic rings. The minimum atomic E-state index is 0.307. The first-order valence-corrected chi connectivity index (χ1v) is 4.46. The van der Waals surface area contributed by atoms with Gasteiger partial charge in [0.25, 0.3) is 0 Å². The van der Waals surface area contributed by atoms with E-state index in [1.807, 2.05) is 0 Å². The van der Waals surface area contributed by atoms with E-state index in [9.17, 15) is 0 Å². The molecule has 0 aromatic heterocycles. The molecule has 64 valence electrons. The van der Waals surface area contributed by atoms with Crippen LogP contribution in [-0.4, -0.2) is 6.04 Å². The Bertz CT molecular complexity index is 150. The van der Waals surface area contributed by atoms with Crippen LogP contribution in [0, 0.1) is 11.3 Å². The monoisotopic (exact) mass is 153 g/mol. The molecule has 2 N–H and O–H groups in total. The van der Waals surface area contributed by atoms with Crippen LogP contribution in [0.5, 0.6) is 0 Å². The van der Waals surface area contributed by atoms with Gasteiger partial charge in [0.1, 0.15) is 0 Å². The molecule has 0 saturated carbocycles. The third-order valence-electron chi connectivity index (χ3n) is 2.82. The molecule has 1 aliphatic carbocycles. The SMILES string of the molecule is CC(N)C(C)(C)CCC1C=C1. The zero-order valence-electron chi connectivity index (χ0n) is 7.80. The summed E-state index contributed by atoms with van der Waals surface area (Å²) in [5.41, 5.74) is 6.17. The highest BCUT2D eigenvalue weighted by atomic mass is 14.7. The fourth-order valence-electron chi connectivity index (χ4n) is 1.04. The number of allylic oxidation sites excluding steroid dienone is 2. The van der Waals surface area contributed by atoms with Crippen molar-refractivity contribution in [2.45, 2.75) is 39.7 Å². The van der Waals surface area contributed by atoms with E-state index in [0.29, 0.717) is 11.5 Å². The van der Waals surface area contributed by atoms with E-state index >= 15 is 0 Å². The Hall–Kier alpha value is -0.300. The Morgan fingerprint density at radius 3 is 2.36 bits per heavy atom. The lowest BCUT2D eigenvalue weighted by Gasteiger charge is -2.28. The van der Waals surface area contributed by atoms with Crippen LogP contribution in [0.15, 0.2) is 12.2 Å². The molecular formula is C10H19N. The average molecular weight is 153 g/mol. The summed E-state index contributed by atoms with van der Waals surface area (Å²) in [4.78, 5) is 0. The van der Waals surface area contributed by atoms with Gasteiger partial charge in [-0.05, 0) is 31.1 Å². The topological polar surface area (TPSA) is 26.0 Å². The number of nitrogens with two attached hydrogens (primary N) is 1. The maximum absolute atomic E-state index is 5.86. The molecule has 0 aromatic carbocycles. The van der Waals surface area contributed by atoms with E-state index in [0.717, 1.165) is 5.92 Å². The molecule has 1 rings (SSSR count). The largest absolute Gasteiger partial charge is 0.327 e. The Morgan fingerprint density at radius 1 is 1.45 bits per heavy atom. The molecule has 11 heavy (non-hydrogen) atoms. The first-order chi connectivity index (χ1) is 5.02. The van der Waals surface area contributed by atoms with Crippen LogP contribution in [0.1, 0.15) is 33.6 Å². The van der Waals surface area contributed by atoms with Gasteiger partial charge in [0.05, 0.1) is 0 Å². The van der Waals surface area contributed by atoms with Crippen LogP contribution in [0.4, 0.5) is 0 Å². The molecule has 1 nitrogen and oxygen atoms in total. The molecule has 1 aliphatic rings. The Balaban J connectivity index is 2.20. The molecule has 0 saturated heterocycles. The van der Waals surface area contributed by atoms with Crippen molar-refractivity contribution in [2.75, 3.05) is 0 Å². The van der Waals surface area contributed by atoms with E-state index in [-0.39, 0.29) is 0 Å². The first kappa shape index (κ1) is 8.79. The van der Waals surface area contributed by atoms with Crippen molar-refractivity contribution in [1.29, 1.82) is 0 Å². The maximum Gasteiger partial charge on any atom is 0.00617 e. The van der Waals surface area contributed by atoms with Crippen LogP contribution in [0.3, 0.4) is 0 Å². The summed E-state index contributed by atoms with van der Waals surface area (Å²) in [6.07, 6.45) is 7.05. The van der Waals surface area contributed by atoms with Crippen LogP contribution >= 0.6 is 0 Å². The smallest absolute Gasteiger partial charge is 0.00617 e. The van der Waals surface area contributed by atoms with Gasteiger partial charge < -0.3 is 5.73 Å². The number of rotatable bonds is 4. The van der Waals surface area contributed by atoms with Crippen molar-refractivity contribution < 1.29 is 0 Å². The lowest BCUT2D eigenvalue weighted by molar-refractivity contribution is 0.267. The highest BCUT2D eigenvalue weighted by molar-refractivity contribution is 5.13. The van der Waals surface area contributed by atoms with Crippen LogP contribution < -0.4 is 5.73 Å². The lowest BCUT2D eigenvalue weighted by Crippen LogP contribution is -2.34. The fraction of sp³-hybridized carbons (Fsp3) is 0.800. The summed E-state index contributed by atoms with van der Waals surface area (Å²) < 4.78 is 0. The second kappa shape index (κ2) is 2.98. The first-order valence-electron chi connectivity index (χ1n) is 4.46. The normalized spacial score (nSPS) is 20.4. The molecule has 1 unspecified atom stereocenters. The van der Waals surface area contributed by atoms with E-state index in [1.165, 1.54) is 12.8 Å². The summed E-state index contributed by atoms with van der Waals surface area (Å²) in [6.45, 7) is 6.60. The standard InChI is InChI=1S/C10H19N/c1-8(11)10(2,3)7-6-9-4-5-9/h4-5,8-9H,6-7,11H2,1-3H3. The van der Waals surface area contributed by atoms with Crippen molar-refractivity contribution in [3.63, 3.8) is 0 Å². The van der Waals surface area contributed by atoms with Gasteiger partial charge in [0, 0.05) is 6.04 Å². The highest BCUT2D eigenvalue weighted by Gasteiger charge is 2.24. The summed E-state index contributed by atoms with van der Waals surface area (Å²) in [7, 11) is 0. The van der Waals surface area contributed by atoms with Gasteiger partial charge in [0.15, 0.2) is 0 Å². The van der Waals surface area contributed by atoms with Gasteiger partial charge in [-0.3, -0.25) is 0 Å². The molecule has 0 aliphatic heterocycles. The molecule has 1 atom stereocenters. The van der Waals surface area contributed by atoms with Crippen LogP contribution in [0.25, 0.3) is 0 Å². The minimum absolute atomic E-state index is 0.307. The molecule has 0 heterocycles. The zero-order valence-corrected chi connectivity index (χ0v) is 7.80. The van der Waals surface area contributed by atoms with Crippen LogP contribution in [-0.2, 0) is 0 Å². The Kier molecular flexibility index (Phi) is 2.38. The van der Waals surface area contributed by atoms with Gasteiger partial charge in [-0.25, -0.2) is 0 Å². The predicted octanol–water partition coefficient (Wildman–Crippen LogP) is 2.33. The third kappa shape index (κ3) is 2.66. The number of hydrogen-bond acceptors (Lipinski definition) is 1. The molecule has 0 spiro atoms. The van der Waals surface area contributed by atoms with Crippen molar-refractivity contribution in [2.24, 2.45) is 17.1 Å². The van der Waals surface area contributed by atoms with E-state index < -0.39 is 0 Å². The fourth-order valence-corrected chi connectivity index (χ4v) is 1.04. The Labute approximate surface area is 69.7 Å². The van der Waals surface area contributed by atoms with Crippen LogP contribution in [0.2, 0.25) is 0 Å². The molecule has 1 heteroatoms. The second-order valence-corrected chi connectivity index (χ2v) is 4.36. The summed E-state index contributed by atoms with van der Waals surface area (Å²) in [5.74, 6) is 0.799. The Morgan fingerprint density at radius 2 is 2.00 bits per heavy atom. The van der Waals surface area contributed by atoms with Gasteiger partial charge in [-0.15, -0.1) is 0 Å². The van der Waals surface area contributed by atoms with Gasteiger partial charge >= 0.3 is 0 Å². The molecule has 0 bridgehead atoms. The molecule has 0 amide bonds.